The van der Waals surface area contributed by atoms with Gasteiger partial charge in [0, 0.05) is 5.41 Å². The van der Waals surface area contributed by atoms with Crippen LogP contribution in [-0.4, -0.2) is 5.97 Å². The molecule has 2 rings (SSSR count). The van der Waals surface area contributed by atoms with Crippen LogP contribution in [-0.2, 0) is 16.1 Å². The lowest BCUT2D eigenvalue weighted by Crippen LogP contribution is -2.15. The summed E-state index contributed by atoms with van der Waals surface area (Å²) in [5.41, 5.74) is -4.04. The number of halogens is 5. The van der Waals surface area contributed by atoms with E-state index in [0.717, 1.165) is 0 Å². The highest BCUT2D eigenvalue weighted by molar-refractivity contribution is 5.81. The highest BCUT2D eigenvalue weighted by Crippen LogP contribution is 2.68. The molecule has 0 saturated heterocycles. The Kier molecular flexibility index (Phi) is 4.01. The number of rotatable bonds is 3. The zero-order valence-electron chi connectivity index (χ0n) is 12.4. The summed E-state index contributed by atoms with van der Waals surface area (Å²) in [4.78, 5) is 12.0. The minimum absolute atomic E-state index is 1.07. The van der Waals surface area contributed by atoms with E-state index in [2.05, 4.69) is 4.74 Å². The van der Waals surface area contributed by atoms with Gasteiger partial charge in [0.1, 0.15) is 6.61 Å². The molecular formula is C15H9F5N2O2. The first-order valence-electron chi connectivity index (χ1n) is 6.56. The maximum Gasteiger partial charge on any atom is 0.312 e. The summed E-state index contributed by atoms with van der Waals surface area (Å²) in [6.45, 7) is 1.68. The summed E-state index contributed by atoms with van der Waals surface area (Å²) >= 11 is 0. The predicted octanol–water partition coefficient (Wildman–Crippen LogP) is 3.11. The molecule has 0 radical (unpaired) electrons. The minimum Gasteiger partial charge on any atom is -0.460 e. The first kappa shape index (κ1) is 17.7. The summed E-state index contributed by atoms with van der Waals surface area (Å²) in [5, 5.41) is 18.1. The van der Waals surface area contributed by atoms with Crippen LogP contribution in [0.2, 0.25) is 0 Å². The summed E-state index contributed by atoms with van der Waals surface area (Å²) in [7, 11) is 0. The molecule has 1 fully saturated rings. The van der Waals surface area contributed by atoms with E-state index in [9.17, 15) is 26.7 Å². The Morgan fingerprint density at radius 3 is 1.79 bits per heavy atom. The number of hydrogen-bond acceptors (Lipinski definition) is 4. The Labute approximate surface area is 133 Å². The molecule has 0 bridgehead atoms. The zero-order valence-corrected chi connectivity index (χ0v) is 12.4. The van der Waals surface area contributed by atoms with Crippen molar-refractivity contribution in [1.29, 1.82) is 10.5 Å². The van der Waals surface area contributed by atoms with Crippen LogP contribution in [0, 0.1) is 68.5 Å². The summed E-state index contributed by atoms with van der Waals surface area (Å²) in [6, 6.07) is 3.38. The van der Waals surface area contributed by atoms with Crippen LogP contribution in [0.4, 0.5) is 22.0 Å². The smallest absolute Gasteiger partial charge is 0.312 e. The van der Waals surface area contributed by atoms with Crippen LogP contribution >= 0.6 is 0 Å². The van der Waals surface area contributed by atoms with Gasteiger partial charge in [-0.3, -0.25) is 4.79 Å². The first-order valence-corrected chi connectivity index (χ1v) is 6.56. The van der Waals surface area contributed by atoms with Crippen molar-refractivity contribution in [2.75, 3.05) is 0 Å². The van der Waals surface area contributed by atoms with E-state index in [-0.39, 0.29) is 0 Å². The summed E-state index contributed by atoms with van der Waals surface area (Å²) in [5.74, 6) is -13.2. The van der Waals surface area contributed by atoms with Crippen molar-refractivity contribution in [3.8, 4) is 12.1 Å². The third-order valence-corrected chi connectivity index (χ3v) is 4.34. The van der Waals surface area contributed by atoms with E-state index in [4.69, 9.17) is 10.5 Å². The number of nitriles is 2. The molecule has 0 aliphatic heterocycles. The van der Waals surface area contributed by atoms with Crippen LogP contribution in [0.25, 0.3) is 0 Å². The largest absolute Gasteiger partial charge is 0.460 e. The fraction of sp³-hybridized carbons (Fsp3) is 0.400. The van der Waals surface area contributed by atoms with Crippen molar-refractivity contribution in [2.45, 2.75) is 20.5 Å². The second-order valence-corrected chi connectivity index (χ2v) is 5.84. The maximum absolute atomic E-state index is 13.5. The Hall–Kier alpha value is -2.68. The van der Waals surface area contributed by atoms with E-state index in [1.807, 2.05) is 0 Å². The lowest BCUT2D eigenvalue weighted by atomic mass is 10.00. The molecule has 0 heterocycles. The average Bonchev–Trinajstić information content (AvgIpc) is 3.06. The first-order chi connectivity index (χ1) is 11.1. The third kappa shape index (κ3) is 2.12. The highest BCUT2D eigenvalue weighted by atomic mass is 19.2. The van der Waals surface area contributed by atoms with Gasteiger partial charge in [-0.2, -0.15) is 10.5 Å². The van der Waals surface area contributed by atoms with Gasteiger partial charge in [-0.05, 0) is 0 Å². The molecule has 0 spiro atoms. The predicted molar refractivity (Wildman–Crippen MR) is 67.0 cm³/mol. The van der Waals surface area contributed by atoms with E-state index < -0.39 is 64.0 Å². The van der Waals surface area contributed by atoms with Crippen molar-refractivity contribution in [1.82, 2.24) is 0 Å². The Morgan fingerprint density at radius 1 is 1.00 bits per heavy atom. The number of hydrogen-bond donors (Lipinski definition) is 0. The summed E-state index contributed by atoms with van der Waals surface area (Å²) < 4.78 is 70.6. The van der Waals surface area contributed by atoms with Gasteiger partial charge in [0.25, 0.3) is 0 Å². The lowest BCUT2D eigenvalue weighted by Gasteiger charge is -2.09. The van der Waals surface area contributed by atoms with Gasteiger partial charge in [-0.25, -0.2) is 22.0 Å². The van der Waals surface area contributed by atoms with Crippen LogP contribution in [0.5, 0.6) is 0 Å². The fourth-order valence-corrected chi connectivity index (χ4v) is 2.68. The van der Waals surface area contributed by atoms with Gasteiger partial charge in [0.2, 0.25) is 5.82 Å². The second-order valence-electron chi connectivity index (χ2n) is 5.84. The number of esters is 1. The van der Waals surface area contributed by atoms with Crippen molar-refractivity contribution in [2.24, 2.45) is 16.7 Å². The average molecular weight is 344 g/mol. The van der Waals surface area contributed by atoms with Gasteiger partial charge in [-0.1, -0.05) is 13.8 Å². The maximum atomic E-state index is 13.5. The molecule has 24 heavy (non-hydrogen) atoms. The van der Waals surface area contributed by atoms with Gasteiger partial charge in [0.05, 0.1) is 23.6 Å². The molecule has 1 aromatic rings. The molecule has 0 amide bonds. The van der Waals surface area contributed by atoms with Crippen molar-refractivity contribution in [3.05, 3.63) is 34.6 Å². The molecule has 1 aromatic carbocycles. The van der Waals surface area contributed by atoms with Crippen molar-refractivity contribution < 1.29 is 31.5 Å². The minimum atomic E-state index is -2.32. The second kappa shape index (κ2) is 5.45. The van der Waals surface area contributed by atoms with E-state index in [0.29, 0.717) is 0 Å². The number of nitrogens with zero attached hydrogens (tertiary/aromatic N) is 2. The molecule has 126 valence electrons. The van der Waals surface area contributed by atoms with E-state index >= 15 is 0 Å². The lowest BCUT2D eigenvalue weighted by molar-refractivity contribution is -0.147. The van der Waals surface area contributed by atoms with Crippen LogP contribution in [0.15, 0.2) is 0 Å². The SMILES string of the molecule is CC1(C)C(C(=O)OCc2c(F)c(F)c(F)c(F)c2F)C1(C#N)C#N. The van der Waals surface area contributed by atoms with E-state index in [1.165, 1.54) is 13.8 Å². The Morgan fingerprint density at radius 2 is 1.42 bits per heavy atom. The van der Waals surface area contributed by atoms with Gasteiger partial charge >= 0.3 is 5.97 Å². The molecular weight excluding hydrogens is 335 g/mol. The summed E-state index contributed by atoms with van der Waals surface area (Å²) in [6.07, 6.45) is 0. The molecule has 0 N–H and O–H groups in total. The third-order valence-electron chi connectivity index (χ3n) is 4.34. The van der Waals surface area contributed by atoms with Crippen LogP contribution in [0.1, 0.15) is 19.4 Å². The Bertz CT molecular complexity index is 780. The zero-order chi connectivity index (χ0) is 18.4. The number of ether oxygens (including phenoxy) is 1. The quantitative estimate of drug-likeness (QED) is 0.365. The van der Waals surface area contributed by atoms with E-state index in [1.54, 1.807) is 12.1 Å². The molecule has 1 unspecified atom stereocenters. The molecule has 1 aliphatic rings. The number of carbonyl (C=O) groups is 1. The molecule has 1 atom stereocenters. The number of carbonyl (C=O) groups excluding carboxylic acids is 1. The van der Waals surface area contributed by atoms with Gasteiger partial charge < -0.3 is 4.74 Å². The topological polar surface area (TPSA) is 73.9 Å². The monoisotopic (exact) mass is 344 g/mol. The van der Waals surface area contributed by atoms with Crippen molar-refractivity contribution in [3.63, 3.8) is 0 Å². The standard InChI is InChI=1S/C15H9F5N2O2/c1-14(2)12(15(14,4-21)5-22)13(23)24-3-6-7(16)9(18)11(20)10(19)8(6)17/h12H,3H2,1-2H3. The fourth-order valence-electron chi connectivity index (χ4n) is 2.68. The number of benzene rings is 1. The molecule has 1 aliphatic carbocycles. The highest BCUT2D eigenvalue weighted by Gasteiger charge is 2.77. The molecule has 9 heteroatoms. The Balaban J connectivity index is 2.24. The van der Waals surface area contributed by atoms with Crippen molar-refractivity contribution >= 4 is 5.97 Å². The molecule has 1 saturated carbocycles. The molecule has 0 aromatic heterocycles. The van der Waals surface area contributed by atoms with Crippen LogP contribution in [0.3, 0.4) is 0 Å². The van der Waals surface area contributed by atoms with Gasteiger partial charge in [-0.15, -0.1) is 0 Å². The van der Waals surface area contributed by atoms with Gasteiger partial charge in [0.15, 0.2) is 28.7 Å². The molecule has 4 nitrogen and oxygen atoms in total. The van der Waals surface area contributed by atoms with Crippen LogP contribution < -0.4 is 0 Å². The normalized spacial score (nSPS) is 20.0.